The summed E-state index contributed by atoms with van der Waals surface area (Å²) in [4.78, 5) is 12.7. The predicted molar refractivity (Wildman–Crippen MR) is 231 cm³/mol. The minimum atomic E-state index is -1.78. The first kappa shape index (κ1) is 54.9. The molecule has 0 aromatic heterocycles. The topological polar surface area (TPSA) is 228 Å². The first-order valence-corrected chi connectivity index (χ1v) is 23.9. The van der Waals surface area contributed by atoms with Crippen molar-refractivity contribution in [2.24, 2.45) is 0 Å². The third-order valence-corrected chi connectivity index (χ3v) is 12.0. The number of hydrogen-bond acceptors (Lipinski definition) is 13. The van der Waals surface area contributed by atoms with E-state index in [-0.39, 0.29) is 18.9 Å². The molecule has 0 radical (unpaired) electrons. The van der Waals surface area contributed by atoms with Crippen LogP contribution >= 0.6 is 0 Å². The summed E-state index contributed by atoms with van der Waals surface area (Å²) in [6.45, 7) is 2.53. The smallest absolute Gasteiger partial charge is 0.220 e. The highest BCUT2D eigenvalue weighted by Crippen LogP contribution is 2.30. The highest BCUT2D eigenvalue weighted by Gasteiger charge is 2.51. The minimum absolute atomic E-state index is 0.258. The number of amides is 1. The van der Waals surface area contributed by atoms with E-state index in [0.717, 1.165) is 25.7 Å². The molecule has 0 aromatic carbocycles. The van der Waals surface area contributed by atoms with E-state index in [1.54, 1.807) is 6.08 Å². The molecule has 2 aliphatic heterocycles. The van der Waals surface area contributed by atoms with Crippen molar-refractivity contribution in [3.63, 3.8) is 0 Å². The van der Waals surface area contributed by atoms with Crippen LogP contribution in [0.1, 0.15) is 181 Å². The van der Waals surface area contributed by atoms with Gasteiger partial charge in [0.05, 0.1) is 32.0 Å². The van der Waals surface area contributed by atoms with Gasteiger partial charge in [0.15, 0.2) is 12.6 Å². The van der Waals surface area contributed by atoms with Crippen molar-refractivity contribution in [1.29, 1.82) is 0 Å². The Kier molecular flexibility index (Phi) is 31.3. The zero-order valence-corrected chi connectivity index (χ0v) is 37.2. The Morgan fingerprint density at radius 3 is 1.52 bits per heavy atom. The summed E-state index contributed by atoms with van der Waals surface area (Å²) < 4.78 is 22.4. The SMILES string of the molecule is CCCCCCCCCCCCCCCCCCCCCCCC/C=C/C(O)C(COC1OC(CO)C(OC2OC(CO)C(O)C(O)C2O)C(O)C1O)NC(=O)CCCC. The number of rotatable bonds is 36. The molecule has 0 aliphatic carbocycles. The number of unbranched alkanes of at least 4 members (excludes halogenated alkanes) is 23. The zero-order valence-electron chi connectivity index (χ0n) is 37.2. The standard InChI is InChI=1S/C46H87NO13/c1-3-5-7-8-9-10-11-12-13-14-15-16-17-18-19-20-21-22-23-24-25-26-27-28-29-35(50)34(47-38(51)30-6-4-2)33-57-45-43(56)41(54)44(37(32-49)59-45)60-46-42(55)40(53)39(52)36(31-48)58-46/h28-29,34-37,39-46,48-50,52-56H,3-27,30-33H2,1-2H3,(H,47,51)/b29-28+. The Balaban J connectivity index is 1.65. The summed E-state index contributed by atoms with van der Waals surface area (Å²) in [5.74, 6) is -0.274. The number of nitrogens with one attached hydrogen (secondary N) is 1. The Hall–Kier alpha value is -1.27. The van der Waals surface area contributed by atoms with Crippen LogP contribution in [0.25, 0.3) is 0 Å². The summed E-state index contributed by atoms with van der Waals surface area (Å²) in [7, 11) is 0. The Labute approximate surface area is 361 Å². The molecule has 60 heavy (non-hydrogen) atoms. The van der Waals surface area contributed by atoms with Gasteiger partial charge >= 0.3 is 0 Å². The van der Waals surface area contributed by atoms with Gasteiger partial charge in [-0.3, -0.25) is 4.79 Å². The molecule has 0 spiro atoms. The molecule has 2 aliphatic rings. The molecule has 354 valence electrons. The summed E-state index contributed by atoms with van der Waals surface area (Å²) in [5, 5.41) is 85.8. The molecule has 9 N–H and O–H groups in total. The van der Waals surface area contributed by atoms with E-state index >= 15 is 0 Å². The lowest BCUT2D eigenvalue weighted by molar-refractivity contribution is -0.359. The van der Waals surface area contributed by atoms with Crippen molar-refractivity contribution >= 4 is 5.91 Å². The van der Waals surface area contributed by atoms with E-state index in [2.05, 4.69) is 12.2 Å². The summed E-state index contributed by atoms with van der Waals surface area (Å²) in [6, 6.07) is -0.904. The highest BCUT2D eigenvalue weighted by atomic mass is 16.7. The number of aliphatic hydroxyl groups excluding tert-OH is 8. The maximum Gasteiger partial charge on any atom is 0.220 e. The minimum Gasteiger partial charge on any atom is -0.394 e. The zero-order chi connectivity index (χ0) is 44.0. The van der Waals surface area contributed by atoms with Gasteiger partial charge in [0.1, 0.15) is 48.8 Å². The molecule has 12 unspecified atom stereocenters. The van der Waals surface area contributed by atoms with E-state index in [1.165, 1.54) is 128 Å². The van der Waals surface area contributed by atoms with Gasteiger partial charge in [-0.05, 0) is 19.3 Å². The molecule has 0 aromatic rings. The van der Waals surface area contributed by atoms with E-state index in [9.17, 15) is 45.6 Å². The van der Waals surface area contributed by atoms with Gasteiger partial charge in [0.25, 0.3) is 0 Å². The molecule has 2 saturated heterocycles. The van der Waals surface area contributed by atoms with Crippen molar-refractivity contribution in [1.82, 2.24) is 5.32 Å². The number of carbonyl (C=O) groups excluding carboxylic acids is 1. The molecule has 14 nitrogen and oxygen atoms in total. The van der Waals surface area contributed by atoms with Crippen LogP contribution in [-0.2, 0) is 23.7 Å². The summed E-state index contributed by atoms with van der Waals surface area (Å²) in [6.07, 6.45) is 18.4. The van der Waals surface area contributed by atoms with Crippen LogP contribution in [0, 0.1) is 0 Å². The van der Waals surface area contributed by atoms with Crippen molar-refractivity contribution in [3.8, 4) is 0 Å². The van der Waals surface area contributed by atoms with E-state index in [4.69, 9.17) is 18.9 Å². The average Bonchev–Trinajstić information content (AvgIpc) is 3.25. The normalized spacial score (nSPS) is 28.3. The molecule has 2 heterocycles. The fourth-order valence-electron chi connectivity index (χ4n) is 7.97. The molecule has 1 amide bonds. The van der Waals surface area contributed by atoms with Crippen molar-refractivity contribution in [2.75, 3.05) is 19.8 Å². The van der Waals surface area contributed by atoms with Crippen LogP contribution in [0.5, 0.6) is 0 Å². The molecule has 12 atom stereocenters. The second-order valence-corrected chi connectivity index (χ2v) is 17.2. The second-order valence-electron chi connectivity index (χ2n) is 17.2. The molecule has 2 rings (SSSR count). The van der Waals surface area contributed by atoms with Gasteiger partial charge in [-0.2, -0.15) is 0 Å². The molecule has 14 heteroatoms. The van der Waals surface area contributed by atoms with E-state index in [0.29, 0.717) is 6.42 Å². The van der Waals surface area contributed by atoms with Gasteiger partial charge in [0, 0.05) is 6.42 Å². The van der Waals surface area contributed by atoms with Crippen LogP contribution in [0.4, 0.5) is 0 Å². The van der Waals surface area contributed by atoms with Crippen molar-refractivity contribution < 1.29 is 64.6 Å². The number of allylic oxidation sites excluding steroid dienone is 1. The predicted octanol–water partition coefficient (Wildman–Crippen LogP) is 5.21. The van der Waals surface area contributed by atoms with Gasteiger partial charge in [-0.1, -0.05) is 167 Å². The molecular weight excluding hydrogens is 775 g/mol. The summed E-state index contributed by atoms with van der Waals surface area (Å²) in [5.41, 5.74) is 0. The lowest BCUT2D eigenvalue weighted by Gasteiger charge is -2.46. The number of hydrogen-bond donors (Lipinski definition) is 9. The fourth-order valence-corrected chi connectivity index (χ4v) is 7.97. The third kappa shape index (κ3) is 21.9. The van der Waals surface area contributed by atoms with Crippen LogP contribution < -0.4 is 5.32 Å². The molecule has 0 bridgehead atoms. The van der Waals surface area contributed by atoms with Gasteiger partial charge in [0.2, 0.25) is 5.91 Å². The summed E-state index contributed by atoms with van der Waals surface area (Å²) >= 11 is 0. The fraction of sp³-hybridized carbons (Fsp3) is 0.935. The first-order chi connectivity index (χ1) is 29.1. The number of carbonyl (C=O) groups is 1. The Morgan fingerprint density at radius 2 is 1.03 bits per heavy atom. The monoisotopic (exact) mass is 862 g/mol. The lowest BCUT2D eigenvalue weighted by Crippen LogP contribution is -2.65. The molecular formula is C46H87NO13. The van der Waals surface area contributed by atoms with Crippen LogP contribution in [0.15, 0.2) is 12.2 Å². The quantitative estimate of drug-likeness (QED) is 0.0292. The Bertz CT molecular complexity index is 1070. The molecule has 0 saturated carbocycles. The van der Waals surface area contributed by atoms with Gasteiger partial charge in [-0.25, -0.2) is 0 Å². The number of ether oxygens (including phenoxy) is 4. The van der Waals surface area contributed by atoms with E-state index < -0.39 is 86.8 Å². The van der Waals surface area contributed by atoms with Gasteiger partial charge in [-0.15, -0.1) is 0 Å². The lowest BCUT2D eigenvalue weighted by atomic mass is 9.97. The van der Waals surface area contributed by atoms with Crippen LogP contribution in [0.3, 0.4) is 0 Å². The largest absolute Gasteiger partial charge is 0.394 e. The maximum absolute atomic E-state index is 12.7. The second kappa shape index (κ2) is 34.2. The third-order valence-electron chi connectivity index (χ3n) is 12.0. The molecule has 2 fully saturated rings. The van der Waals surface area contributed by atoms with Crippen molar-refractivity contribution in [2.45, 2.75) is 254 Å². The van der Waals surface area contributed by atoms with Crippen LogP contribution in [0.2, 0.25) is 0 Å². The highest BCUT2D eigenvalue weighted by molar-refractivity contribution is 5.76. The van der Waals surface area contributed by atoms with Crippen LogP contribution in [-0.4, -0.2) is 140 Å². The average molecular weight is 862 g/mol. The Morgan fingerprint density at radius 1 is 0.583 bits per heavy atom. The van der Waals surface area contributed by atoms with E-state index in [1.807, 2.05) is 13.0 Å². The first-order valence-electron chi connectivity index (χ1n) is 23.9. The van der Waals surface area contributed by atoms with Crippen molar-refractivity contribution in [3.05, 3.63) is 12.2 Å². The van der Waals surface area contributed by atoms with Gasteiger partial charge < -0.3 is 65.1 Å². The maximum atomic E-state index is 12.7. The number of aliphatic hydroxyl groups is 8.